The lowest BCUT2D eigenvalue weighted by Crippen LogP contribution is -2.33. The van der Waals surface area contributed by atoms with Crippen LogP contribution in [0.25, 0.3) is 0 Å². The third kappa shape index (κ3) is 3.22. The minimum absolute atomic E-state index is 0.410. The van der Waals surface area contributed by atoms with Crippen molar-refractivity contribution in [3.05, 3.63) is 34.3 Å². The highest BCUT2D eigenvalue weighted by atomic mass is 35.5. The van der Waals surface area contributed by atoms with Crippen LogP contribution in [0.1, 0.15) is 11.1 Å². The number of hydrogen-bond donors (Lipinski definition) is 1. The van der Waals surface area contributed by atoms with Crippen molar-refractivity contribution in [2.24, 2.45) is 5.73 Å². The van der Waals surface area contributed by atoms with Crippen LogP contribution in [0.3, 0.4) is 0 Å². The molecule has 4 heteroatoms. The predicted molar refractivity (Wildman–Crippen MR) is 59.9 cm³/mol. The van der Waals surface area contributed by atoms with Crippen LogP contribution >= 0.6 is 11.6 Å². The molecule has 1 aromatic carbocycles. The average Bonchev–Trinajstić information content (AvgIpc) is 2.22. The third-order valence-corrected chi connectivity index (χ3v) is 2.60. The largest absolute Gasteiger partial charge is 0.468 e. The van der Waals surface area contributed by atoms with Gasteiger partial charge in [0.15, 0.2) is 0 Å². The number of nitrogens with two attached hydrogens (primary N) is 1. The molecule has 0 heterocycles. The maximum atomic E-state index is 11.1. The van der Waals surface area contributed by atoms with Crippen molar-refractivity contribution < 1.29 is 9.53 Å². The Morgan fingerprint density at radius 1 is 1.60 bits per heavy atom. The smallest absolute Gasteiger partial charge is 0.322 e. The number of methoxy groups -OCH3 is 1. The second-order valence-electron chi connectivity index (χ2n) is 3.42. The molecule has 0 fully saturated rings. The van der Waals surface area contributed by atoms with Crippen LogP contribution in [-0.4, -0.2) is 19.1 Å². The first-order chi connectivity index (χ1) is 7.04. The summed E-state index contributed by atoms with van der Waals surface area (Å²) in [4.78, 5) is 11.1. The molecule has 3 nitrogen and oxygen atoms in total. The van der Waals surface area contributed by atoms with Crippen LogP contribution in [0.2, 0.25) is 5.02 Å². The fourth-order valence-corrected chi connectivity index (χ4v) is 1.46. The van der Waals surface area contributed by atoms with Gasteiger partial charge in [-0.1, -0.05) is 23.7 Å². The van der Waals surface area contributed by atoms with Gasteiger partial charge < -0.3 is 10.5 Å². The normalized spacial score (nSPS) is 12.3. The van der Waals surface area contributed by atoms with E-state index in [0.717, 1.165) is 11.1 Å². The summed E-state index contributed by atoms with van der Waals surface area (Å²) >= 11 is 5.95. The Labute approximate surface area is 94.2 Å². The van der Waals surface area contributed by atoms with Gasteiger partial charge in [0.25, 0.3) is 0 Å². The van der Waals surface area contributed by atoms with Gasteiger partial charge in [-0.3, -0.25) is 4.79 Å². The van der Waals surface area contributed by atoms with Gasteiger partial charge in [-0.25, -0.2) is 0 Å². The van der Waals surface area contributed by atoms with Crippen LogP contribution < -0.4 is 5.73 Å². The molecule has 0 radical (unpaired) electrons. The Morgan fingerprint density at radius 2 is 2.27 bits per heavy atom. The molecule has 0 spiro atoms. The van der Waals surface area contributed by atoms with Crippen molar-refractivity contribution in [1.29, 1.82) is 0 Å². The van der Waals surface area contributed by atoms with Gasteiger partial charge >= 0.3 is 5.97 Å². The molecule has 15 heavy (non-hydrogen) atoms. The van der Waals surface area contributed by atoms with E-state index in [4.69, 9.17) is 17.3 Å². The summed E-state index contributed by atoms with van der Waals surface area (Å²) in [6.07, 6.45) is 0.437. The maximum absolute atomic E-state index is 11.1. The molecule has 0 saturated carbocycles. The standard InChI is InChI=1S/C11H14ClNO2/c1-7-3-4-8(5-9(7)12)6-10(13)11(14)15-2/h3-5,10H,6,13H2,1-2H3/t10-/m0/s1. The Morgan fingerprint density at radius 3 is 2.80 bits per heavy atom. The molecule has 1 atom stereocenters. The summed E-state index contributed by atoms with van der Waals surface area (Å²) in [5.74, 6) is -0.410. The lowest BCUT2D eigenvalue weighted by atomic mass is 10.1. The summed E-state index contributed by atoms with van der Waals surface area (Å²) in [5, 5.41) is 0.685. The van der Waals surface area contributed by atoms with E-state index in [2.05, 4.69) is 4.74 Å². The molecule has 82 valence electrons. The highest BCUT2D eigenvalue weighted by Gasteiger charge is 2.14. The summed E-state index contributed by atoms with van der Waals surface area (Å²) in [6.45, 7) is 1.92. The maximum Gasteiger partial charge on any atom is 0.322 e. The van der Waals surface area contributed by atoms with E-state index in [-0.39, 0.29) is 0 Å². The molecule has 0 saturated heterocycles. The Bertz CT molecular complexity index is 366. The minimum Gasteiger partial charge on any atom is -0.468 e. The number of ether oxygens (including phenoxy) is 1. The minimum atomic E-state index is -0.631. The fraction of sp³-hybridized carbons (Fsp3) is 0.364. The lowest BCUT2D eigenvalue weighted by Gasteiger charge is -2.09. The highest BCUT2D eigenvalue weighted by molar-refractivity contribution is 6.31. The van der Waals surface area contributed by atoms with Crippen LogP contribution in [0, 0.1) is 6.92 Å². The zero-order valence-corrected chi connectivity index (χ0v) is 9.54. The Hall–Kier alpha value is -1.06. The quantitative estimate of drug-likeness (QED) is 0.800. The summed E-state index contributed by atoms with van der Waals surface area (Å²) < 4.78 is 4.54. The summed E-state index contributed by atoms with van der Waals surface area (Å²) in [7, 11) is 1.32. The van der Waals surface area contributed by atoms with Gasteiger partial charge in [0.1, 0.15) is 6.04 Å². The SMILES string of the molecule is COC(=O)[C@@H](N)Cc1ccc(C)c(Cl)c1. The molecule has 0 amide bonds. The summed E-state index contributed by atoms with van der Waals surface area (Å²) in [6, 6.07) is 5.00. The molecule has 1 rings (SSSR count). The van der Waals surface area contributed by atoms with Crippen molar-refractivity contribution in [2.75, 3.05) is 7.11 Å². The van der Waals surface area contributed by atoms with E-state index >= 15 is 0 Å². The first-order valence-electron chi connectivity index (χ1n) is 4.63. The van der Waals surface area contributed by atoms with Crippen molar-refractivity contribution in [2.45, 2.75) is 19.4 Å². The van der Waals surface area contributed by atoms with Crippen LogP contribution in [0.15, 0.2) is 18.2 Å². The molecule has 0 bridgehead atoms. The number of carbonyl (C=O) groups excluding carboxylic acids is 1. The topological polar surface area (TPSA) is 52.3 Å². The van der Waals surface area contributed by atoms with Gasteiger partial charge in [-0.05, 0) is 30.5 Å². The van der Waals surface area contributed by atoms with Gasteiger partial charge in [0, 0.05) is 5.02 Å². The van der Waals surface area contributed by atoms with Crippen LogP contribution in [0.4, 0.5) is 0 Å². The predicted octanol–water partition coefficient (Wildman–Crippen LogP) is 1.69. The molecule has 0 aliphatic rings. The number of hydrogen-bond acceptors (Lipinski definition) is 3. The number of aryl methyl sites for hydroxylation is 1. The molecular weight excluding hydrogens is 214 g/mol. The number of benzene rings is 1. The monoisotopic (exact) mass is 227 g/mol. The molecule has 0 aromatic heterocycles. The number of halogens is 1. The molecule has 0 aliphatic carbocycles. The van der Waals surface area contributed by atoms with E-state index in [0.29, 0.717) is 11.4 Å². The lowest BCUT2D eigenvalue weighted by molar-refractivity contribution is -0.142. The Kier molecular flexibility index (Phi) is 4.12. The molecule has 0 unspecified atom stereocenters. The van der Waals surface area contributed by atoms with Gasteiger partial charge in [0.05, 0.1) is 7.11 Å². The van der Waals surface area contributed by atoms with E-state index in [9.17, 15) is 4.79 Å². The zero-order valence-electron chi connectivity index (χ0n) is 8.79. The van der Waals surface area contributed by atoms with Crippen molar-refractivity contribution >= 4 is 17.6 Å². The third-order valence-electron chi connectivity index (χ3n) is 2.20. The summed E-state index contributed by atoms with van der Waals surface area (Å²) in [5.41, 5.74) is 7.57. The van der Waals surface area contributed by atoms with Crippen LogP contribution in [0.5, 0.6) is 0 Å². The fourth-order valence-electron chi connectivity index (χ4n) is 1.25. The van der Waals surface area contributed by atoms with E-state index in [1.165, 1.54) is 7.11 Å². The van der Waals surface area contributed by atoms with Crippen molar-refractivity contribution in [1.82, 2.24) is 0 Å². The van der Waals surface area contributed by atoms with E-state index in [1.54, 1.807) is 0 Å². The van der Waals surface area contributed by atoms with Gasteiger partial charge in [0.2, 0.25) is 0 Å². The first-order valence-corrected chi connectivity index (χ1v) is 5.01. The molecular formula is C11H14ClNO2. The molecule has 0 aliphatic heterocycles. The molecule has 2 N–H and O–H groups in total. The number of carbonyl (C=O) groups is 1. The average molecular weight is 228 g/mol. The molecule has 1 aromatic rings. The second-order valence-corrected chi connectivity index (χ2v) is 3.82. The van der Waals surface area contributed by atoms with E-state index < -0.39 is 12.0 Å². The second kappa shape index (κ2) is 5.14. The zero-order chi connectivity index (χ0) is 11.4. The number of esters is 1. The van der Waals surface area contributed by atoms with Crippen molar-refractivity contribution in [3.63, 3.8) is 0 Å². The number of rotatable bonds is 3. The van der Waals surface area contributed by atoms with E-state index in [1.807, 2.05) is 25.1 Å². The van der Waals surface area contributed by atoms with Crippen LogP contribution in [-0.2, 0) is 16.0 Å². The highest BCUT2D eigenvalue weighted by Crippen LogP contribution is 2.17. The Balaban J connectivity index is 2.73. The van der Waals surface area contributed by atoms with Gasteiger partial charge in [-0.2, -0.15) is 0 Å². The van der Waals surface area contributed by atoms with Crippen molar-refractivity contribution in [3.8, 4) is 0 Å². The van der Waals surface area contributed by atoms with Gasteiger partial charge in [-0.15, -0.1) is 0 Å². The first kappa shape index (κ1) is 12.0.